The van der Waals surface area contributed by atoms with Crippen LogP contribution in [0.2, 0.25) is 0 Å². The van der Waals surface area contributed by atoms with Gasteiger partial charge in [-0.3, -0.25) is 4.79 Å². The number of carbonyl (C=O) groups is 1. The number of nitrogens with zero attached hydrogens (tertiary/aromatic N) is 3. The predicted octanol–water partition coefficient (Wildman–Crippen LogP) is 0.974. The zero-order chi connectivity index (χ0) is 13.8. The summed E-state index contributed by atoms with van der Waals surface area (Å²) in [5.74, 6) is 0.532. The molecule has 1 amide bonds. The van der Waals surface area contributed by atoms with Crippen LogP contribution in [0.1, 0.15) is 12.8 Å². The summed E-state index contributed by atoms with van der Waals surface area (Å²) < 4.78 is 5.31. The number of ether oxygens (including phenoxy) is 1. The van der Waals surface area contributed by atoms with Crippen LogP contribution in [0, 0.1) is 5.92 Å². The van der Waals surface area contributed by atoms with Gasteiger partial charge in [-0.05, 0) is 30.9 Å². The molecule has 20 heavy (non-hydrogen) atoms. The topological polar surface area (TPSA) is 69.0 Å². The summed E-state index contributed by atoms with van der Waals surface area (Å²) in [7, 11) is 0. The van der Waals surface area contributed by atoms with E-state index in [0.717, 1.165) is 37.1 Å². The highest BCUT2D eigenvalue weighted by molar-refractivity contribution is 5.76. The third kappa shape index (κ3) is 3.14. The molecule has 6 nitrogen and oxygen atoms in total. The Kier molecular flexibility index (Phi) is 3.92. The lowest BCUT2D eigenvalue weighted by atomic mass is 10.1. The Bertz CT molecular complexity index is 557. The number of hydrogen-bond donors (Lipinski definition) is 1. The Hall–Kier alpha value is -1.95. The van der Waals surface area contributed by atoms with Crippen LogP contribution in [0.25, 0.3) is 11.0 Å². The Labute approximate surface area is 117 Å². The summed E-state index contributed by atoms with van der Waals surface area (Å²) in [6.45, 7) is 2.52. The third-order valence-corrected chi connectivity index (χ3v) is 3.51. The van der Waals surface area contributed by atoms with E-state index in [1.807, 2.05) is 24.3 Å². The molecule has 1 aliphatic rings. The highest BCUT2D eigenvalue weighted by Crippen LogP contribution is 2.15. The number of rotatable bonds is 5. The van der Waals surface area contributed by atoms with Crippen LogP contribution in [0.15, 0.2) is 24.3 Å². The Morgan fingerprint density at radius 2 is 2.10 bits per heavy atom. The number of amides is 1. The van der Waals surface area contributed by atoms with E-state index in [1.165, 1.54) is 4.80 Å². The maximum Gasteiger partial charge on any atom is 0.243 e. The van der Waals surface area contributed by atoms with Gasteiger partial charge in [0.1, 0.15) is 17.6 Å². The van der Waals surface area contributed by atoms with Gasteiger partial charge in [0.05, 0.1) is 0 Å². The third-order valence-electron chi connectivity index (χ3n) is 3.51. The molecule has 0 aliphatic carbocycles. The normalized spacial score (nSPS) is 18.5. The van der Waals surface area contributed by atoms with Crippen molar-refractivity contribution in [2.45, 2.75) is 19.4 Å². The van der Waals surface area contributed by atoms with E-state index in [1.54, 1.807) is 0 Å². The van der Waals surface area contributed by atoms with Gasteiger partial charge in [-0.25, -0.2) is 0 Å². The number of fused-ring (bicyclic) bond motifs is 1. The maximum absolute atomic E-state index is 11.8. The smallest absolute Gasteiger partial charge is 0.243 e. The van der Waals surface area contributed by atoms with Crippen molar-refractivity contribution in [3.8, 4) is 0 Å². The van der Waals surface area contributed by atoms with Crippen molar-refractivity contribution >= 4 is 16.9 Å². The first-order valence-corrected chi connectivity index (χ1v) is 6.95. The van der Waals surface area contributed by atoms with Gasteiger partial charge in [-0.2, -0.15) is 15.0 Å². The zero-order valence-corrected chi connectivity index (χ0v) is 11.3. The lowest BCUT2D eigenvalue weighted by molar-refractivity contribution is -0.122. The van der Waals surface area contributed by atoms with E-state index in [4.69, 9.17) is 4.74 Å². The van der Waals surface area contributed by atoms with Gasteiger partial charge in [0.25, 0.3) is 0 Å². The average Bonchev–Trinajstić information content (AvgIpc) is 3.06. The fourth-order valence-corrected chi connectivity index (χ4v) is 2.39. The van der Waals surface area contributed by atoms with Crippen LogP contribution in [0.5, 0.6) is 0 Å². The van der Waals surface area contributed by atoms with Gasteiger partial charge < -0.3 is 10.1 Å². The highest BCUT2D eigenvalue weighted by atomic mass is 16.5. The molecule has 1 aromatic heterocycles. The zero-order valence-electron chi connectivity index (χ0n) is 11.3. The van der Waals surface area contributed by atoms with Crippen LogP contribution in [0.3, 0.4) is 0 Å². The first-order valence-electron chi connectivity index (χ1n) is 6.95. The summed E-state index contributed by atoms with van der Waals surface area (Å²) in [5.41, 5.74) is 1.62. The van der Waals surface area contributed by atoms with Crippen molar-refractivity contribution in [1.82, 2.24) is 20.3 Å². The minimum absolute atomic E-state index is 0.0516. The number of aromatic nitrogens is 3. The number of benzene rings is 1. The molecule has 2 aromatic rings. The molecule has 1 aliphatic heterocycles. The summed E-state index contributed by atoms with van der Waals surface area (Å²) in [5, 5.41) is 11.4. The van der Waals surface area contributed by atoms with Crippen LogP contribution in [-0.2, 0) is 16.1 Å². The summed E-state index contributed by atoms with van der Waals surface area (Å²) in [6.07, 6.45) is 2.07. The van der Waals surface area contributed by atoms with E-state index in [9.17, 15) is 4.79 Å². The monoisotopic (exact) mass is 274 g/mol. The van der Waals surface area contributed by atoms with Gasteiger partial charge in [-0.1, -0.05) is 12.1 Å². The lowest BCUT2D eigenvalue weighted by Gasteiger charge is -2.08. The van der Waals surface area contributed by atoms with Crippen LogP contribution < -0.4 is 5.32 Å². The van der Waals surface area contributed by atoms with Crippen molar-refractivity contribution in [3.63, 3.8) is 0 Å². The van der Waals surface area contributed by atoms with Crippen molar-refractivity contribution in [2.24, 2.45) is 5.92 Å². The van der Waals surface area contributed by atoms with Gasteiger partial charge >= 0.3 is 0 Å². The minimum atomic E-state index is -0.0516. The molecule has 1 aromatic carbocycles. The molecule has 106 valence electrons. The largest absolute Gasteiger partial charge is 0.381 e. The molecule has 6 heteroatoms. The second kappa shape index (κ2) is 6.00. The molecule has 1 saturated heterocycles. The van der Waals surface area contributed by atoms with Crippen LogP contribution in [-0.4, -0.2) is 40.7 Å². The lowest BCUT2D eigenvalue weighted by Crippen LogP contribution is -2.30. The molecule has 0 spiro atoms. The van der Waals surface area contributed by atoms with E-state index in [0.29, 0.717) is 12.5 Å². The van der Waals surface area contributed by atoms with E-state index < -0.39 is 0 Å². The van der Waals surface area contributed by atoms with Crippen molar-refractivity contribution in [1.29, 1.82) is 0 Å². The fourth-order valence-electron chi connectivity index (χ4n) is 2.39. The number of hydrogen-bond acceptors (Lipinski definition) is 4. The molecular weight excluding hydrogens is 256 g/mol. The molecule has 1 atom stereocenters. The molecule has 3 rings (SSSR count). The Morgan fingerprint density at radius 1 is 1.35 bits per heavy atom. The van der Waals surface area contributed by atoms with Crippen LogP contribution in [0.4, 0.5) is 0 Å². The second-order valence-corrected chi connectivity index (χ2v) is 5.09. The molecule has 1 fully saturated rings. The highest BCUT2D eigenvalue weighted by Gasteiger charge is 2.15. The molecule has 0 bridgehead atoms. The molecule has 0 saturated carbocycles. The van der Waals surface area contributed by atoms with Gasteiger partial charge in [0, 0.05) is 19.8 Å². The predicted molar refractivity (Wildman–Crippen MR) is 74.1 cm³/mol. The van der Waals surface area contributed by atoms with E-state index >= 15 is 0 Å². The standard InChI is InChI=1S/C14H18N4O2/c19-14(15-7-5-11-6-8-20-10-11)9-18-16-12-3-1-2-4-13(12)17-18/h1-4,11H,5-10H2,(H,15,19)/t11-/m1/s1. The fraction of sp³-hybridized carbons (Fsp3) is 0.500. The SMILES string of the molecule is O=C(Cn1nc2ccccc2n1)NCC[C@@H]1CCOC1. The quantitative estimate of drug-likeness (QED) is 0.882. The summed E-state index contributed by atoms with van der Waals surface area (Å²) >= 11 is 0. The van der Waals surface area contributed by atoms with Crippen molar-refractivity contribution in [3.05, 3.63) is 24.3 Å². The van der Waals surface area contributed by atoms with Gasteiger partial charge in [0.2, 0.25) is 5.91 Å². The summed E-state index contributed by atoms with van der Waals surface area (Å²) in [4.78, 5) is 13.3. The second-order valence-electron chi connectivity index (χ2n) is 5.09. The molecule has 2 heterocycles. The maximum atomic E-state index is 11.8. The van der Waals surface area contributed by atoms with Gasteiger partial charge in [-0.15, -0.1) is 0 Å². The molecule has 1 N–H and O–H groups in total. The molecular formula is C14H18N4O2. The van der Waals surface area contributed by atoms with Gasteiger partial charge in [0.15, 0.2) is 0 Å². The molecule has 0 unspecified atom stereocenters. The average molecular weight is 274 g/mol. The van der Waals surface area contributed by atoms with E-state index in [2.05, 4.69) is 15.5 Å². The van der Waals surface area contributed by atoms with Crippen molar-refractivity contribution < 1.29 is 9.53 Å². The molecule has 0 radical (unpaired) electrons. The summed E-state index contributed by atoms with van der Waals surface area (Å²) in [6, 6.07) is 7.59. The Morgan fingerprint density at radius 3 is 2.75 bits per heavy atom. The van der Waals surface area contributed by atoms with Crippen LogP contribution >= 0.6 is 0 Å². The minimum Gasteiger partial charge on any atom is -0.381 e. The van der Waals surface area contributed by atoms with Crippen molar-refractivity contribution in [2.75, 3.05) is 19.8 Å². The first kappa shape index (κ1) is 13.1. The van der Waals surface area contributed by atoms with E-state index in [-0.39, 0.29) is 12.5 Å². The number of carbonyl (C=O) groups excluding carboxylic acids is 1. The first-order chi connectivity index (χ1) is 9.81. The Balaban J connectivity index is 1.48. The number of nitrogens with one attached hydrogen (secondary N) is 1.